The molecule has 3 rings (SSSR count). The quantitative estimate of drug-likeness (QED) is 0.664. The lowest BCUT2D eigenvalue weighted by Crippen LogP contribution is -2.20. The van der Waals surface area contributed by atoms with Crippen LogP contribution in [0.15, 0.2) is 42.5 Å². The summed E-state index contributed by atoms with van der Waals surface area (Å²) in [6, 6.07) is 11.2. The molecule has 0 aliphatic carbocycles. The molecule has 0 unspecified atom stereocenters. The second-order valence-electron chi connectivity index (χ2n) is 5.37. The molecule has 0 aliphatic rings. The molecule has 25 heavy (non-hydrogen) atoms. The fourth-order valence-corrected chi connectivity index (χ4v) is 3.49. The predicted molar refractivity (Wildman–Crippen MR) is 96.9 cm³/mol. The van der Waals surface area contributed by atoms with E-state index in [-0.39, 0.29) is 4.88 Å². The minimum atomic E-state index is -0.675. The van der Waals surface area contributed by atoms with Gasteiger partial charge in [-0.3, -0.25) is 4.79 Å². The SMILES string of the molecule is Cc1ccc(NC(=O)COC(=O)c2cc3c(F)cccc3s2)c(Cl)c1. The average molecular weight is 378 g/mol. The molecule has 0 radical (unpaired) electrons. The van der Waals surface area contributed by atoms with Gasteiger partial charge in [0.05, 0.1) is 10.7 Å². The van der Waals surface area contributed by atoms with Gasteiger partial charge in [-0.2, -0.15) is 0 Å². The fourth-order valence-electron chi connectivity index (χ4n) is 2.24. The zero-order valence-corrected chi connectivity index (χ0v) is 14.7. The van der Waals surface area contributed by atoms with Gasteiger partial charge >= 0.3 is 5.97 Å². The smallest absolute Gasteiger partial charge is 0.348 e. The molecule has 2 aromatic carbocycles. The monoisotopic (exact) mass is 377 g/mol. The summed E-state index contributed by atoms with van der Waals surface area (Å²) in [6.45, 7) is 1.42. The van der Waals surface area contributed by atoms with Gasteiger partial charge in [0, 0.05) is 10.1 Å². The maximum absolute atomic E-state index is 13.7. The number of benzene rings is 2. The number of anilines is 1. The summed E-state index contributed by atoms with van der Waals surface area (Å²) < 4.78 is 19.3. The third kappa shape index (κ3) is 3.97. The van der Waals surface area contributed by atoms with E-state index in [0.717, 1.165) is 16.9 Å². The number of halogens is 2. The molecule has 0 fully saturated rings. The minimum absolute atomic E-state index is 0.237. The van der Waals surface area contributed by atoms with Crippen LogP contribution in [0.25, 0.3) is 10.1 Å². The molecule has 3 aromatic rings. The second kappa shape index (κ2) is 7.21. The van der Waals surface area contributed by atoms with Crippen LogP contribution >= 0.6 is 22.9 Å². The summed E-state index contributed by atoms with van der Waals surface area (Å²) in [5.74, 6) is -1.59. The summed E-state index contributed by atoms with van der Waals surface area (Å²) in [5.41, 5.74) is 1.41. The van der Waals surface area contributed by atoms with Crippen LogP contribution in [0.5, 0.6) is 0 Å². The number of nitrogens with one attached hydrogen (secondary N) is 1. The number of amides is 1. The molecule has 1 amide bonds. The van der Waals surface area contributed by atoms with Crippen molar-refractivity contribution < 1.29 is 18.7 Å². The molecule has 0 atom stereocenters. The molecule has 4 nitrogen and oxygen atoms in total. The van der Waals surface area contributed by atoms with Crippen LogP contribution in [0.3, 0.4) is 0 Å². The number of rotatable bonds is 4. The van der Waals surface area contributed by atoms with Crippen molar-refractivity contribution in [2.24, 2.45) is 0 Å². The number of thiophene rings is 1. The van der Waals surface area contributed by atoms with Gasteiger partial charge < -0.3 is 10.1 Å². The largest absolute Gasteiger partial charge is 0.451 e. The first-order valence-corrected chi connectivity index (χ1v) is 8.54. The van der Waals surface area contributed by atoms with Crippen LogP contribution in [0.2, 0.25) is 5.02 Å². The van der Waals surface area contributed by atoms with Crippen LogP contribution in [-0.4, -0.2) is 18.5 Å². The van der Waals surface area contributed by atoms with Gasteiger partial charge in [-0.1, -0.05) is 23.7 Å². The molecule has 0 bridgehead atoms. The molecule has 0 saturated carbocycles. The van der Waals surface area contributed by atoms with E-state index >= 15 is 0 Å². The molecule has 128 valence electrons. The number of ether oxygens (including phenoxy) is 1. The Morgan fingerprint density at radius 1 is 1.24 bits per heavy atom. The Kier molecular flexibility index (Phi) is 5.01. The number of carbonyl (C=O) groups excluding carboxylic acids is 2. The topological polar surface area (TPSA) is 55.4 Å². The summed E-state index contributed by atoms with van der Waals surface area (Å²) in [4.78, 5) is 24.2. The van der Waals surface area contributed by atoms with Crippen molar-refractivity contribution in [3.05, 3.63) is 63.7 Å². The van der Waals surface area contributed by atoms with E-state index < -0.39 is 24.3 Å². The van der Waals surface area contributed by atoms with Crippen molar-refractivity contribution in [3.63, 3.8) is 0 Å². The van der Waals surface area contributed by atoms with Crippen LogP contribution in [0.4, 0.5) is 10.1 Å². The maximum atomic E-state index is 13.7. The van der Waals surface area contributed by atoms with Crippen molar-refractivity contribution in [3.8, 4) is 0 Å². The number of hydrogen-bond donors (Lipinski definition) is 1. The predicted octanol–water partition coefficient (Wildman–Crippen LogP) is 4.80. The Morgan fingerprint density at radius 2 is 2.04 bits per heavy atom. The number of carbonyl (C=O) groups is 2. The van der Waals surface area contributed by atoms with Gasteiger partial charge in [0.1, 0.15) is 10.7 Å². The summed E-state index contributed by atoms with van der Waals surface area (Å²) in [7, 11) is 0. The van der Waals surface area contributed by atoms with Crippen LogP contribution < -0.4 is 5.32 Å². The standard InChI is InChI=1S/C18H13ClFNO3S/c1-10-5-6-14(12(19)7-10)21-17(22)9-24-18(23)16-8-11-13(20)3-2-4-15(11)25-16/h2-8H,9H2,1H3,(H,21,22). The number of hydrogen-bond acceptors (Lipinski definition) is 4. The molecule has 0 aliphatic heterocycles. The fraction of sp³-hybridized carbons (Fsp3) is 0.111. The highest BCUT2D eigenvalue weighted by molar-refractivity contribution is 7.20. The van der Waals surface area contributed by atoms with Crippen LogP contribution in [-0.2, 0) is 9.53 Å². The van der Waals surface area contributed by atoms with E-state index in [1.54, 1.807) is 30.3 Å². The van der Waals surface area contributed by atoms with Crippen molar-refractivity contribution in [1.29, 1.82) is 0 Å². The molecule has 1 heterocycles. The molecule has 1 aromatic heterocycles. The second-order valence-corrected chi connectivity index (χ2v) is 6.86. The maximum Gasteiger partial charge on any atom is 0.348 e. The molecular formula is C18H13ClFNO3S. The summed E-state index contributed by atoms with van der Waals surface area (Å²) in [5, 5.41) is 3.33. The molecule has 1 N–H and O–H groups in total. The zero-order chi connectivity index (χ0) is 18.0. The highest BCUT2D eigenvalue weighted by Crippen LogP contribution is 2.28. The number of fused-ring (bicyclic) bond motifs is 1. The van der Waals surface area contributed by atoms with Gasteiger partial charge in [-0.05, 0) is 42.8 Å². The highest BCUT2D eigenvalue weighted by atomic mass is 35.5. The third-order valence-electron chi connectivity index (χ3n) is 3.44. The minimum Gasteiger partial charge on any atom is -0.451 e. The first-order valence-electron chi connectivity index (χ1n) is 7.35. The van der Waals surface area contributed by atoms with Crippen molar-refractivity contribution >= 4 is 50.6 Å². The summed E-state index contributed by atoms with van der Waals surface area (Å²) in [6.07, 6.45) is 0. The van der Waals surface area contributed by atoms with Gasteiger partial charge in [0.2, 0.25) is 0 Å². The van der Waals surface area contributed by atoms with Gasteiger partial charge in [-0.25, -0.2) is 9.18 Å². The molecular weight excluding hydrogens is 365 g/mol. The van der Waals surface area contributed by atoms with Crippen molar-refractivity contribution in [2.45, 2.75) is 6.92 Å². The zero-order valence-electron chi connectivity index (χ0n) is 13.1. The number of aryl methyl sites for hydroxylation is 1. The van der Waals surface area contributed by atoms with E-state index in [0.29, 0.717) is 20.8 Å². The Hall–Kier alpha value is -2.44. The summed E-state index contributed by atoms with van der Waals surface area (Å²) >= 11 is 7.15. The van der Waals surface area contributed by atoms with Crippen molar-refractivity contribution in [1.82, 2.24) is 0 Å². The first-order chi connectivity index (χ1) is 11.9. The van der Waals surface area contributed by atoms with E-state index in [2.05, 4.69) is 5.32 Å². The normalized spacial score (nSPS) is 10.7. The molecule has 0 spiro atoms. The lowest BCUT2D eigenvalue weighted by Gasteiger charge is -2.08. The van der Waals surface area contributed by atoms with E-state index in [9.17, 15) is 14.0 Å². The lowest BCUT2D eigenvalue weighted by molar-refractivity contribution is -0.119. The van der Waals surface area contributed by atoms with Gasteiger partial charge in [-0.15, -0.1) is 11.3 Å². The van der Waals surface area contributed by atoms with E-state index in [4.69, 9.17) is 16.3 Å². The van der Waals surface area contributed by atoms with E-state index in [1.165, 1.54) is 12.1 Å². The Bertz CT molecular complexity index is 970. The van der Waals surface area contributed by atoms with Gasteiger partial charge in [0.15, 0.2) is 6.61 Å². The van der Waals surface area contributed by atoms with Crippen LogP contribution in [0, 0.1) is 12.7 Å². The van der Waals surface area contributed by atoms with E-state index in [1.807, 2.05) is 6.92 Å². The van der Waals surface area contributed by atoms with Gasteiger partial charge in [0.25, 0.3) is 5.91 Å². The first kappa shape index (κ1) is 17.4. The third-order valence-corrected chi connectivity index (χ3v) is 4.84. The Morgan fingerprint density at radius 3 is 2.76 bits per heavy atom. The Labute approximate surface area is 152 Å². The number of esters is 1. The molecule has 0 saturated heterocycles. The average Bonchev–Trinajstić information content (AvgIpc) is 3.01. The van der Waals surface area contributed by atoms with Crippen molar-refractivity contribution in [2.75, 3.05) is 11.9 Å². The molecule has 7 heteroatoms. The lowest BCUT2D eigenvalue weighted by atomic mass is 10.2. The highest BCUT2D eigenvalue weighted by Gasteiger charge is 2.15. The van der Waals surface area contributed by atoms with Crippen LogP contribution in [0.1, 0.15) is 15.2 Å². The Balaban J connectivity index is 1.63.